The summed E-state index contributed by atoms with van der Waals surface area (Å²) >= 11 is 0. The van der Waals surface area contributed by atoms with E-state index in [0.29, 0.717) is 95.8 Å². The van der Waals surface area contributed by atoms with Gasteiger partial charge >= 0.3 is 58.4 Å². The van der Waals surface area contributed by atoms with Crippen molar-refractivity contribution in [2.75, 3.05) is 65.2 Å². The third-order valence-corrected chi connectivity index (χ3v) is 20.6. The molecular formula is C70H84F10N12O19P2. The van der Waals surface area contributed by atoms with Crippen LogP contribution < -0.4 is 36.1 Å². The molecule has 0 spiro atoms. The minimum absolute atomic E-state index is 0.0465. The highest BCUT2D eigenvalue weighted by Gasteiger charge is 2.58. The minimum Gasteiger partial charge on any atom is -0.467 e. The van der Waals surface area contributed by atoms with Crippen LogP contribution in [0, 0.1) is 41.2 Å². The van der Waals surface area contributed by atoms with Crippen LogP contribution in [0.4, 0.5) is 59.4 Å². The predicted octanol–water partition coefficient (Wildman–Crippen LogP) is 7.09. The number of hydrogen-bond acceptors (Lipinski definition) is 21. The van der Waals surface area contributed by atoms with Crippen LogP contribution in [0.2, 0.25) is 0 Å². The van der Waals surface area contributed by atoms with Crippen LogP contribution in [0.1, 0.15) is 106 Å². The second kappa shape index (κ2) is 35.9. The number of alkyl carbamates (subject to hydrolysis) is 2. The number of hydrazine groups is 1. The van der Waals surface area contributed by atoms with E-state index in [1.54, 1.807) is 5.32 Å². The topological polar surface area (TPSA) is 403 Å². The summed E-state index contributed by atoms with van der Waals surface area (Å²) in [7, 11) is -8.52. The maximum Gasteiger partial charge on any atom is 0.524 e. The first kappa shape index (κ1) is 89.0. The summed E-state index contributed by atoms with van der Waals surface area (Å²) in [5, 5.41) is 12.0. The monoisotopic (exact) mass is 1650 g/mol. The Hall–Kier alpha value is -9.52. The number of nitrogens with one attached hydrogen (secondary N) is 5. The molecule has 618 valence electrons. The number of hydrogen-bond donors (Lipinski definition) is 9. The van der Waals surface area contributed by atoms with Gasteiger partial charge in [-0.3, -0.25) is 43.9 Å². The van der Waals surface area contributed by atoms with Gasteiger partial charge in [-0.05, 0) is 107 Å². The molecule has 5 amide bonds. The Balaban J connectivity index is 1.28. The highest BCUT2D eigenvalue weighted by molar-refractivity contribution is 7.51. The zero-order valence-electron chi connectivity index (χ0n) is 62.3. The van der Waals surface area contributed by atoms with Gasteiger partial charge in [-0.25, -0.2) is 47.4 Å². The normalized spacial score (nSPS) is 17.1. The summed E-state index contributed by atoms with van der Waals surface area (Å²) in [6, 6.07) is 1.10. The standard InChI is InChI=1S/C70H84F10N12O19P2/c1-37-21-42(26-54(93)83-51(61(97)106-8)36-112(100,101)102)56(52(22-37)111-113(103,104)105)66(2,3)27-55(94)110-53(33-90(88-60(96)58(86-65(99)108-10)68(6,7)70(78,79)80)32-46-47(71)24-41(25-48(46)72)49-19-20-91(87-49)62(73)74)50(84-59(95)57(85-64(98)107-9)67(4,5)69(75,76)77)23-39-14-11-38(12-15-39)13-16-40-28-81-63(82-29-40)89-30-43-17-18-44(31-89)92(43)45-34-109-35-45/h11-12,14-15,19-22,24-25,28-29,43-45,50-51,53,57-58,62H,17-18,23,26-27,30-36H2,1-10H3,(H,83,93)(H,84,95)(H,85,98)(H,86,99)(H,88,96)(H2,100,101,102)(H2,103,104,105)/t43?,44?,50-,51?,53-,57+,58+/m0/s1. The third-order valence-electron chi connectivity index (χ3n) is 19.3. The molecule has 0 radical (unpaired) electrons. The van der Waals surface area contributed by atoms with Gasteiger partial charge in [0.1, 0.15) is 41.6 Å². The molecule has 3 unspecified atom stereocenters. The summed E-state index contributed by atoms with van der Waals surface area (Å²) in [5.41, 5.74) is -8.65. The lowest BCUT2D eigenvalue weighted by Gasteiger charge is -2.47. The number of piperazine rings is 1. The van der Waals surface area contributed by atoms with Gasteiger partial charge in [-0.1, -0.05) is 43.9 Å². The number of carbonyl (C=O) groups excluding carboxylic acids is 7. The predicted molar refractivity (Wildman–Crippen MR) is 377 cm³/mol. The van der Waals surface area contributed by atoms with E-state index in [9.17, 15) is 61.5 Å². The maximum atomic E-state index is 16.9. The van der Waals surface area contributed by atoms with E-state index < -0.39 is 201 Å². The summed E-state index contributed by atoms with van der Waals surface area (Å²) in [5.74, 6) is -5.31. The average Bonchev–Trinajstić information content (AvgIpc) is 1.65. The van der Waals surface area contributed by atoms with Crippen molar-refractivity contribution in [3.63, 3.8) is 0 Å². The van der Waals surface area contributed by atoms with Gasteiger partial charge < -0.3 is 64.2 Å². The van der Waals surface area contributed by atoms with E-state index in [1.807, 2.05) is 10.7 Å². The van der Waals surface area contributed by atoms with Crippen LogP contribution in [-0.2, 0) is 81.6 Å². The van der Waals surface area contributed by atoms with E-state index in [-0.39, 0.29) is 39.0 Å². The molecule has 5 aromatic rings. The number of methoxy groups -OCH3 is 3. The highest BCUT2D eigenvalue weighted by atomic mass is 31.2. The number of ether oxygens (including phenoxy) is 5. The number of esters is 2. The highest BCUT2D eigenvalue weighted by Crippen LogP contribution is 2.47. The molecule has 3 aliphatic heterocycles. The number of aryl methyl sites for hydroxylation is 1. The van der Waals surface area contributed by atoms with Crippen LogP contribution in [0.15, 0.2) is 73.2 Å². The van der Waals surface area contributed by atoms with Crippen molar-refractivity contribution < 1.29 is 134 Å². The first-order valence-electron chi connectivity index (χ1n) is 34.5. The summed E-state index contributed by atoms with van der Waals surface area (Å²) in [6.07, 6.45) is -14.9. The lowest BCUT2D eigenvalue weighted by molar-refractivity contribution is -0.221. The number of phosphoric acid groups is 1. The van der Waals surface area contributed by atoms with Gasteiger partial charge in [0.05, 0.1) is 94.3 Å². The Bertz CT molecular complexity index is 4440. The molecule has 8 rings (SSSR count). The van der Waals surface area contributed by atoms with Gasteiger partial charge in [-0.2, -0.15) is 40.2 Å². The number of nitrogens with zero attached hydrogens (tertiary/aromatic N) is 7. The van der Waals surface area contributed by atoms with Gasteiger partial charge in [0, 0.05) is 78.0 Å². The number of halogens is 10. The molecule has 113 heavy (non-hydrogen) atoms. The Labute approximate surface area is 640 Å². The van der Waals surface area contributed by atoms with Crippen LogP contribution in [0.5, 0.6) is 5.75 Å². The summed E-state index contributed by atoms with van der Waals surface area (Å²) < 4.78 is 208. The summed E-state index contributed by atoms with van der Waals surface area (Å²) in [6.45, 7) is 2.25. The number of aromatic nitrogens is 4. The molecule has 43 heteroatoms. The largest absolute Gasteiger partial charge is 0.524 e. The Kier molecular flexibility index (Phi) is 28.3. The van der Waals surface area contributed by atoms with E-state index in [0.717, 1.165) is 45.4 Å². The molecule has 5 heterocycles. The number of rotatable bonds is 31. The van der Waals surface area contributed by atoms with E-state index >= 15 is 44.7 Å². The second-order valence-corrected chi connectivity index (χ2v) is 31.8. The summed E-state index contributed by atoms with van der Waals surface area (Å²) in [4.78, 5) is 152. The SMILES string of the molecule is COC(=O)N[C@H](C(=O)N[C@@H](Cc1ccc(C#Cc2cnc(N3CC4CCC(C3)N4C3COC3)nc2)cc1)[C@H](CN(Cc1c(F)cc(-c2ccn(C(F)F)n2)cc1F)NC(=O)[C@@H](NC(=O)OC)C(C)(C)C(F)(F)F)OC(=O)CC(C)(C)c1c(CC(=O)NC(CP(=O)(O)O)C(=O)OC)cc(C)cc1OP(=O)(O)O)C(C)(C)C(F)(F)F. The van der Waals surface area contributed by atoms with Crippen LogP contribution in [0.3, 0.4) is 0 Å². The molecule has 3 aromatic carbocycles. The number of benzene rings is 3. The van der Waals surface area contributed by atoms with Gasteiger partial charge in [0.25, 0.3) is 5.91 Å². The van der Waals surface area contributed by atoms with Crippen molar-refractivity contribution in [3.8, 4) is 28.8 Å². The number of fused-ring (bicyclic) bond motifs is 2. The van der Waals surface area contributed by atoms with Crippen LogP contribution in [-0.4, -0.2) is 212 Å². The molecule has 31 nitrogen and oxygen atoms in total. The van der Waals surface area contributed by atoms with E-state index in [1.165, 1.54) is 63.5 Å². The molecule has 2 aromatic heterocycles. The van der Waals surface area contributed by atoms with Crippen molar-refractivity contribution >= 4 is 63.2 Å². The van der Waals surface area contributed by atoms with Crippen molar-refractivity contribution in [1.29, 1.82) is 0 Å². The zero-order valence-corrected chi connectivity index (χ0v) is 64.1. The number of carbonyl (C=O) groups is 7. The number of anilines is 1. The Morgan fingerprint density at radius 3 is 1.78 bits per heavy atom. The molecule has 7 atom stereocenters. The fourth-order valence-electron chi connectivity index (χ4n) is 13.2. The van der Waals surface area contributed by atoms with E-state index in [4.69, 9.17) is 14.0 Å². The van der Waals surface area contributed by atoms with Crippen molar-refractivity contribution in [3.05, 3.63) is 124 Å². The molecular weight excluding hydrogens is 1560 g/mol. The number of amides is 5. The van der Waals surface area contributed by atoms with Crippen molar-refractivity contribution in [2.45, 2.75) is 160 Å². The molecule has 0 saturated carbocycles. The molecule has 2 bridgehead atoms. The molecule has 3 aliphatic rings. The second-order valence-electron chi connectivity index (χ2n) is 28.9. The first-order valence-corrected chi connectivity index (χ1v) is 37.9. The van der Waals surface area contributed by atoms with Gasteiger partial charge in [0.15, 0.2) is 0 Å². The molecule has 3 saturated heterocycles. The lowest BCUT2D eigenvalue weighted by atomic mass is 9.77. The molecule has 9 N–H and O–H groups in total. The zero-order chi connectivity index (χ0) is 83.8. The molecule has 3 fully saturated rings. The van der Waals surface area contributed by atoms with Crippen molar-refractivity contribution in [2.24, 2.45) is 10.8 Å². The first-order chi connectivity index (χ1) is 52.5. The average molecular weight is 1650 g/mol. The Morgan fingerprint density at radius 2 is 1.28 bits per heavy atom. The quantitative estimate of drug-likeness (QED) is 0.00534. The van der Waals surface area contributed by atoms with Crippen LogP contribution in [0.25, 0.3) is 11.3 Å². The smallest absolute Gasteiger partial charge is 0.467 e. The van der Waals surface area contributed by atoms with Crippen LogP contribution >= 0.6 is 15.4 Å². The number of phosphoric ester groups is 1. The fraction of sp³-hybridized carbons (Fsp3) is 0.514. The fourth-order valence-corrected chi connectivity index (χ4v) is 14.3. The maximum absolute atomic E-state index is 16.9. The lowest BCUT2D eigenvalue weighted by Crippen LogP contribution is -2.64. The molecule has 0 aliphatic carbocycles. The number of alkyl halides is 8. The van der Waals surface area contributed by atoms with Crippen molar-refractivity contribution in [1.82, 2.24) is 56.4 Å². The van der Waals surface area contributed by atoms with Gasteiger partial charge in [0.2, 0.25) is 17.8 Å². The minimum atomic E-state index is -5.68. The van der Waals surface area contributed by atoms with Gasteiger partial charge in [-0.15, -0.1) is 0 Å². The Morgan fingerprint density at radius 1 is 0.726 bits per heavy atom. The third kappa shape index (κ3) is 22.9. The van der Waals surface area contributed by atoms with E-state index in [2.05, 4.69) is 61.6 Å².